The quantitative estimate of drug-likeness (QED) is 0.0909. The zero-order valence-electron chi connectivity index (χ0n) is 26.3. The van der Waals surface area contributed by atoms with Crippen LogP contribution in [0, 0.1) is 35.5 Å². The fourth-order valence-electron chi connectivity index (χ4n) is 8.01. The van der Waals surface area contributed by atoms with Crippen molar-refractivity contribution < 1.29 is 19.8 Å². The van der Waals surface area contributed by atoms with Gasteiger partial charge in [-0.05, 0) is 74.0 Å². The van der Waals surface area contributed by atoms with Crippen LogP contribution >= 0.6 is 0 Å². The number of carboxylic acid groups (broad SMARTS) is 2. The number of allylic oxidation sites excluding steroid dienone is 2. The van der Waals surface area contributed by atoms with Crippen LogP contribution in [-0.2, 0) is 9.59 Å². The lowest BCUT2D eigenvalue weighted by Gasteiger charge is -2.48. The smallest absolute Gasteiger partial charge is 0.303 e. The summed E-state index contributed by atoms with van der Waals surface area (Å²) in [4.78, 5) is 21.6. The van der Waals surface area contributed by atoms with E-state index in [9.17, 15) is 9.59 Å². The summed E-state index contributed by atoms with van der Waals surface area (Å²) in [5.41, 5.74) is 0. The molecule has 0 aromatic rings. The lowest BCUT2D eigenvalue weighted by molar-refractivity contribution is -0.138. The predicted molar refractivity (Wildman–Crippen MR) is 168 cm³/mol. The summed E-state index contributed by atoms with van der Waals surface area (Å²) in [6.07, 6.45) is 33.6. The van der Waals surface area contributed by atoms with Gasteiger partial charge < -0.3 is 10.2 Å². The lowest BCUT2D eigenvalue weighted by Crippen LogP contribution is -2.39. The average molecular weight is 561 g/mol. The minimum Gasteiger partial charge on any atom is -0.481 e. The molecule has 0 amide bonds. The number of fused-ring (bicyclic) bond motifs is 1. The van der Waals surface area contributed by atoms with Crippen molar-refractivity contribution in [2.24, 2.45) is 35.5 Å². The molecule has 6 atom stereocenters. The zero-order chi connectivity index (χ0) is 29.0. The van der Waals surface area contributed by atoms with Crippen LogP contribution in [0.25, 0.3) is 0 Å². The Kier molecular flexibility index (Phi) is 18.7. The highest BCUT2D eigenvalue weighted by molar-refractivity contribution is 5.66. The van der Waals surface area contributed by atoms with E-state index in [4.69, 9.17) is 10.2 Å². The minimum absolute atomic E-state index is 0.311. The maximum Gasteiger partial charge on any atom is 0.303 e. The molecule has 1 fully saturated rings. The summed E-state index contributed by atoms with van der Waals surface area (Å²) in [5, 5.41) is 17.8. The molecule has 1 saturated carbocycles. The average Bonchev–Trinajstić information content (AvgIpc) is 2.93. The van der Waals surface area contributed by atoms with Gasteiger partial charge in [0.2, 0.25) is 0 Å². The van der Waals surface area contributed by atoms with E-state index in [1.807, 2.05) is 0 Å². The summed E-state index contributed by atoms with van der Waals surface area (Å²) in [6, 6.07) is 0. The number of aliphatic carboxylic acids is 2. The minimum atomic E-state index is -0.667. The molecule has 0 spiro atoms. The number of rotatable bonds is 24. The monoisotopic (exact) mass is 560 g/mol. The third kappa shape index (κ3) is 14.0. The molecule has 0 heterocycles. The Morgan fingerprint density at radius 3 is 1.70 bits per heavy atom. The Balaban J connectivity index is 1.97. The molecular formula is C36H64O4. The Labute approximate surface area is 247 Å². The topological polar surface area (TPSA) is 74.6 Å². The highest BCUT2D eigenvalue weighted by Gasteiger charge is 2.42. The Morgan fingerprint density at radius 1 is 0.575 bits per heavy atom. The first-order valence-electron chi connectivity index (χ1n) is 17.6. The molecule has 4 nitrogen and oxygen atoms in total. The highest BCUT2D eigenvalue weighted by atomic mass is 16.4. The second-order valence-electron chi connectivity index (χ2n) is 13.4. The van der Waals surface area contributed by atoms with Crippen LogP contribution in [-0.4, -0.2) is 22.2 Å². The highest BCUT2D eigenvalue weighted by Crippen LogP contribution is 2.51. The van der Waals surface area contributed by atoms with E-state index in [0.717, 1.165) is 61.7 Å². The summed E-state index contributed by atoms with van der Waals surface area (Å²) in [7, 11) is 0. The van der Waals surface area contributed by atoms with Crippen molar-refractivity contribution >= 4 is 11.9 Å². The molecule has 40 heavy (non-hydrogen) atoms. The van der Waals surface area contributed by atoms with E-state index in [1.165, 1.54) is 109 Å². The standard InChI is InChI=1S/C36H64O4/c1-3-5-7-14-21-31-28-34-32(27-30(31)19-6-4-2)26-25-29(20-15-10-8-12-17-23-35(37)38)33(34)22-16-11-9-13-18-24-36(39)40/h25-26,29-34H,3-24,27-28H2,1-2H3,(H,37,38)(H,39,40). The number of hydrogen-bond acceptors (Lipinski definition) is 2. The molecule has 2 rings (SSSR count). The number of hydrogen-bond donors (Lipinski definition) is 2. The van der Waals surface area contributed by atoms with Gasteiger partial charge in [-0.1, -0.05) is 129 Å². The van der Waals surface area contributed by atoms with Crippen molar-refractivity contribution in [1.29, 1.82) is 0 Å². The van der Waals surface area contributed by atoms with Gasteiger partial charge in [0.25, 0.3) is 0 Å². The molecule has 0 aromatic carbocycles. The molecule has 0 aromatic heterocycles. The van der Waals surface area contributed by atoms with Crippen LogP contribution in [0.5, 0.6) is 0 Å². The molecule has 2 N–H and O–H groups in total. The van der Waals surface area contributed by atoms with Gasteiger partial charge in [-0.2, -0.15) is 0 Å². The second kappa shape index (κ2) is 21.4. The van der Waals surface area contributed by atoms with Crippen molar-refractivity contribution in [2.45, 2.75) is 168 Å². The largest absolute Gasteiger partial charge is 0.481 e. The molecule has 4 heteroatoms. The van der Waals surface area contributed by atoms with E-state index in [2.05, 4.69) is 26.0 Å². The Hall–Kier alpha value is -1.32. The molecule has 2 aliphatic carbocycles. The molecule has 0 saturated heterocycles. The molecule has 232 valence electrons. The summed E-state index contributed by atoms with van der Waals surface area (Å²) in [6.45, 7) is 4.66. The van der Waals surface area contributed by atoms with Crippen molar-refractivity contribution in [3.05, 3.63) is 12.2 Å². The summed E-state index contributed by atoms with van der Waals surface area (Å²) >= 11 is 0. The second-order valence-corrected chi connectivity index (χ2v) is 13.4. The van der Waals surface area contributed by atoms with Gasteiger partial charge in [0, 0.05) is 12.8 Å². The van der Waals surface area contributed by atoms with Gasteiger partial charge in [-0.15, -0.1) is 0 Å². The molecule has 0 bridgehead atoms. The molecular weight excluding hydrogens is 496 g/mol. The molecule has 2 aliphatic rings. The number of carboxylic acids is 2. The third-order valence-electron chi connectivity index (χ3n) is 10.3. The predicted octanol–water partition coefficient (Wildman–Crippen LogP) is 10.8. The maximum atomic E-state index is 10.8. The Morgan fingerprint density at radius 2 is 1.07 bits per heavy atom. The van der Waals surface area contributed by atoms with Crippen molar-refractivity contribution in [2.75, 3.05) is 0 Å². The first-order valence-corrected chi connectivity index (χ1v) is 17.6. The molecule has 0 radical (unpaired) electrons. The number of carbonyl (C=O) groups is 2. The van der Waals surface area contributed by atoms with E-state index in [1.54, 1.807) is 0 Å². The van der Waals surface area contributed by atoms with Crippen LogP contribution in [0.1, 0.15) is 168 Å². The maximum absolute atomic E-state index is 10.8. The van der Waals surface area contributed by atoms with Gasteiger partial charge in [0.05, 0.1) is 0 Å². The first kappa shape index (κ1) is 34.9. The van der Waals surface area contributed by atoms with E-state index < -0.39 is 11.9 Å². The van der Waals surface area contributed by atoms with E-state index in [-0.39, 0.29) is 0 Å². The zero-order valence-corrected chi connectivity index (χ0v) is 26.3. The van der Waals surface area contributed by atoms with Gasteiger partial charge in [0.15, 0.2) is 0 Å². The Bertz CT molecular complexity index is 701. The molecule has 0 aliphatic heterocycles. The van der Waals surface area contributed by atoms with Gasteiger partial charge in [-0.3, -0.25) is 9.59 Å². The lowest BCUT2D eigenvalue weighted by atomic mass is 9.57. The van der Waals surface area contributed by atoms with Crippen LogP contribution in [0.4, 0.5) is 0 Å². The fourth-order valence-corrected chi connectivity index (χ4v) is 8.01. The van der Waals surface area contributed by atoms with Gasteiger partial charge >= 0.3 is 11.9 Å². The SMILES string of the molecule is CCCCCCC1CC2C(C=CC(CCCCCCCC(=O)O)C2CCCCCCCC(=O)O)CC1CCCC. The van der Waals surface area contributed by atoms with Crippen LogP contribution in [0.3, 0.4) is 0 Å². The summed E-state index contributed by atoms with van der Waals surface area (Å²) in [5.74, 6) is 3.66. The normalized spacial score (nSPS) is 26.1. The van der Waals surface area contributed by atoms with E-state index >= 15 is 0 Å². The van der Waals surface area contributed by atoms with Crippen molar-refractivity contribution in [3.63, 3.8) is 0 Å². The third-order valence-corrected chi connectivity index (χ3v) is 10.3. The van der Waals surface area contributed by atoms with Crippen LogP contribution in [0.15, 0.2) is 12.2 Å². The van der Waals surface area contributed by atoms with Crippen molar-refractivity contribution in [1.82, 2.24) is 0 Å². The number of unbranched alkanes of at least 4 members (excludes halogenated alkanes) is 12. The van der Waals surface area contributed by atoms with Crippen LogP contribution in [0.2, 0.25) is 0 Å². The van der Waals surface area contributed by atoms with Gasteiger partial charge in [-0.25, -0.2) is 0 Å². The van der Waals surface area contributed by atoms with E-state index in [0.29, 0.717) is 18.8 Å². The van der Waals surface area contributed by atoms with Crippen molar-refractivity contribution in [3.8, 4) is 0 Å². The van der Waals surface area contributed by atoms with Gasteiger partial charge in [0.1, 0.15) is 0 Å². The molecule has 6 unspecified atom stereocenters. The summed E-state index contributed by atoms with van der Waals surface area (Å²) < 4.78 is 0. The first-order chi connectivity index (χ1) is 19.5. The van der Waals surface area contributed by atoms with Crippen LogP contribution < -0.4 is 0 Å². The fraction of sp³-hybridized carbons (Fsp3) is 0.889.